The zero-order chi connectivity index (χ0) is 20.8. The molecule has 154 valence electrons. The van der Waals surface area contributed by atoms with E-state index in [1.165, 1.54) is 0 Å². The molecule has 1 atom stereocenters. The van der Waals surface area contributed by atoms with E-state index in [9.17, 15) is 19.2 Å². The molecule has 29 heavy (non-hydrogen) atoms. The van der Waals surface area contributed by atoms with Crippen molar-refractivity contribution in [2.75, 3.05) is 19.6 Å². The molecule has 1 aromatic rings. The Hall–Kier alpha value is -2.58. The summed E-state index contributed by atoms with van der Waals surface area (Å²) in [6.45, 7) is 7.57. The van der Waals surface area contributed by atoms with Gasteiger partial charge in [0, 0.05) is 31.6 Å². The van der Waals surface area contributed by atoms with Crippen molar-refractivity contribution >= 4 is 23.6 Å². The Morgan fingerprint density at radius 3 is 2.69 bits per heavy atom. The molecular weight excluding hydrogens is 372 g/mol. The van der Waals surface area contributed by atoms with Crippen LogP contribution in [0.3, 0.4) is 0 Å². The molecule has 3 aliphatic heterocycles. The first-order valence-electron chi connectivity index (χ1n) is 10.1. The molecule has 0 saturated carbocycles. The molecule has 0 aliphatic carbocycles. The van der Waals surface area contributed by atoms with Gasteiger partial charge in [-0.2, -0.15) is 0 Å². The molecule has 2 saturated heterocycles. The van der Waals surface area contributed by atoms with Crippen LogP contribution in [0.25, 0.3) is 0 Å². The highest BCUT2D eigenvalue weighted by Crippen LogP contribution is 2.31. The van der Waals surface area contributed by atoms with Gasteiger partial charge in [0.2, 0.25) is 11.8 Å². The molecule has 3 aliphatic rings. The van der Waals surface area contributed by atoms with E-state index in [0.29, 0.717) is 17.7 Å². The van der Waals surface area contributed by atoms with E-state index in [1.807, 2.05) is 6.07 Å². The molecule has 8 heteroatoms. The lowest BCUT2D eigenvalue weighted by Crippen LogP contribution is -2.54. The predicted molar refractivity (Wildman–Crippen MR) is 105 cm³/mol. The van der Waals surface area contributed by atoms with E-state index < -0.39 is 23.8 Å². The number of hydrogen-bond acceptors (Lipinski definition) is 6. The van der Waals surface area contributed by atoms with E-state index in [4.69, 9.17) is 0 Å². The van der Waals surface area contributed by atoms with Crippen LogP contribution in [0.5, 0.6) is 0 Å². The second kappa shape index (κ2) is 7.35. The molecule has 0 spiro atoms. The van der Waals surface area contributed by atoms with Gasteiger partial charge in [-0.25, -0.2) is 0 Å². The number of amides is 4. The molecule has 0 aromatic heterocycles. The molecule has 8 nitrogen and oxygen atoms in total. The Balaban J connectivity index is 1.64. The minimum Gasteiger partial charge on any atom is -0.315 e. The van der Waals surface area contributed by atoms with Crippen molar-refractivity contribution in [3.63, 3.8) is 0 Å². The molecule has 1 unspecified atom stereocenters. The number of piperidine rings is 1. The molecule has 1 aromatic carbocycles. The summed E-state index contributed by atoms with van der Waals surface area (Å²) in [4.78, 5) is 53.3. The van der Waals surface area contributed by atoms with E-state index >= 15 is 0 Å². The summed E-state index contributed by atoms with van der Waals surface area (Å²) in [5.41, 5.74) is 1.43. The summed E-state index contributed by atoms with van der Waals surface area (Å²) >= 11 is 0. The van der Waals surface area contributed by atoms with Crippen molar-refractivity contribution in [2.24, 2.45) is 0 Å². The largest absolute Gasteiger partial charge is 0.315 e. The van der Waals surface area contributed by atoms with E-state index in [0.717, 1.165) is 36.5 Å². The van der Waals surface area contributed by atoms with E-state index in [2.05, 4.69) is 29.4 Å². The number of hydrogen-bond donors (Lipinski definition) is 2. The van der Waals surface area contributed by atoms with Gasteiger partial charge in [-0.05, 0) is 44.9 Å². The van der Waals surface area contributed by atoms with Crippen LogP contribution in [-0.2, 0) is 16.1 Å². The predicted octanol–water partition coefficient (Wildman–Crippen LogP) is 0.662. The fourth-order valence-corrected chi connectivity index (χ4v) is 4.42. The molecule has 0 radical (unpaired) electrons. The third-order valence-electron chi connectivity index (χ3n) is 6.11. The second-order valence-electron chi connectivity index (χ2n) is 8.55. The summed E-state index contributed by atoms with van der Waals surface area (Å²) in [5, 5.41) is 5.67. The van der Waals surface area contributed by atoms with Gasteiger partial charge in [0.05, 0.1) is 11.1 Å². The summed E-state index contributed by atoms with van der Waals surface area (Å²) < 4.78 is 0. The molecular formula is C21H26N4O4. The number of nitrogens with one attached hydrogen (secondary N) is 2. The van der Waals surface area contributed by atoms with E-state index in [1.54, 1.807) is 12.1 Å². The molecule has 0 bridgehead atoms. The van der Waals surface area contributed by atoms with Gasteiger partial charge >= 0.3 is 0 Å². The maximum atomic E-state index is 13.2. The number of fused-ring (bicyclic) bond motifs is 1. The Morgan fingerprint density at radius 1 is 1.14 bits per heavy atom. The smallest absolute Gasteiger partial charge is 0.262 e. The van der Waals surface area contributed by atoms with Crippen molar-refractivity contribution in [2.45, 2.75) is 51.2 Å². The summed E-state index contributed by atoms with van der Waals surface area (Å²) in [5.74, 6) is -1.86. The number of rotatable bonds is 3. The van der Waals surface area contributed by atoms with Crippen LogP contribution in [0.4, 0.5) is 0 Å². The van der Waals surface area contributed by atoms with Crippen LogP contribution in [0.2, 0.25) is 0 Å². The summed E-state index contributed by atoms with van der Waals surface area (Å²) in [6.07, 6.45) is 1.29. The quantitative estimate of drug-likeness (QED) is 0.726. The molecule has 4 rings (SSSR count). The fourth-order valence-electron chi connectivity index (χ4n) is 4.42. The van der Waals surface area contributed by atoms with Crippen molar-refractivity contribution in [1.29, 1.82) is 0 Å². The van der Waals surface area contributed by atoms with Gasteiger partial charge in [0.1, 0.15) is 6.04 Å². The van der Waals surface area contributed by atoms with Gasteiger partial charge in [-0.3, -0.25) is 34.3 Å². The average molecular weight is 398 g/mol. The molecule has 3 heterocycles. The lowest BCUT2D eigenvalue weighted by atomic mass is 9.98. The molecule has 2 fully saturated rings. The first-order valence-corrected chi connectivity index (χ1v) is 10.1. The van der Waals surface area contributed by atoms with Crippen LogP contribution in [-0.4, -0.2) is 64.6 Å². The number of carbonyl (C=O) groups excluding carboxylic acids is 4. The highest BCUT2D eigenvalue weighted by Gasteiger charge is 2.45. The van der Waals surface area contributed by atoms with Gasteiger partial charge in [0.15, 0.2) is 0 Å². The topological polar surface area (TPSA) is 98.8 Å². The Bertz CT molecular complexity index is 895. The first-order chi connectivity index (χ1) is 13.8. The second-order valence-corrected chi connectivity index (χ2v) is 8.55. The number of nitrogens with zero attached hydrogens (tertiary/aromatic N) is 2. The maximum Gasteiger partial charge on any atom is 0.262 e. The van der Waals surface area contributed by atoms with E-state index in [-0.39, 0.29) is 24.3 Å². The number of carbonyl (C=O) groups is 4. The van der Waals surface area contributed by atoms with Gasteiger partial charge in [-0.1, -0.05) is 12.1 Å². The third kappa shape index (κ3) is 3.47. The number of benzene rings is 1. The zero-order valence-corrected chi connectivity index (χ0v) is 16.8. The maximum absolute atomic E-state index is 13.2. The van der Waals surface area contributed by atoms with Crippen LogP contribution in [0.15, 0.2) is 18.2 Å². The highest BCUT2D eigenvalue weighted by molar-refractivity contribution is 6.24. The number of imide groups is 2. The minimum absolute atomic E-state index is 0.0891. The van der Waals surface area contributed by atoms with Crippen LogP contribution < -0.4 is 10.6 Å². The van der Waals surface area contributed by atoms with Crippen molar-refractivity contribution in [3.05, 3.63) is 34.9 Å². The Morgan fingerprint density at radius 2 is 1.93 bits per heavy atom. The Kier molecular flexibility index (Phi) is 5.00. The van der Waals surface area contributed by atoms with Crippen molar-refractivity contribution in [3.8, 4) is 0 Å². The fraction of sp³-hybridized carbons (Fsp3) is 0.524. The normalized spacial score (nSPS) is 25.0. The average Bonchev–Trinajstić information content (AvgIpc) is 2.80. The van der Waals surface area contributed by atoms with Gasteiger partial charge in [-0.15, -0.1) is 0 Å². The van der Waals surface area contributed by atoms with Crippen molar-refractivity contribution in [1.82, 2.24) is 20.4 Å². The molecule has 2 N–H and O–H groups in total. The first kappa shape index (κ1) is 19.7. The standard InChI is InChI=1S/C21H26N4O4/c1-21(2)12-22-9-4-10-24(21)11-13-5-3-6-14-17(13)20(29)25(19(14)28)15-7-8-16(26)23-18(15)27/h3,5-6,15,22H,4,7-12H2,1-2H3,(H,23,26,27). The van der Waals surface area contributed by atoms with Crippen LogP contribution >= 0.6 is 0 Å². The summed E-state index contributed by atoms with van der Waals surface area (Å²) in [7, 11) is 0. The lowest BCUT2D eigenvalue weighted by molar-refractivity contribution is -0.136. The van der Waals surface area contributed by atoms with Crippen molar-refractivity contribution < 1.29 is 19.2 Å². The highest BCUT2D eigenvalue weighted by atomic mass is 16.2. The third-order valence-corrected chi connectivity index (χ3v) is 6.11. The van der Waals surface area contributed by atoms with Gasteiger partial charge in [0.25, 0.3) is 11.8 Å². The molecule has 4 amide bonds. The Labute approximate surface area is 169 Å². The van der Waals surface area contributed by atoms with Crippen LogP contribution in [0, 0.1) is 0 Å². The lowest BCUT2D eigenvalue weighted by Gasteiger charge is -2.37. The zero-order valence-electron chi connectivity index (χ0n) is 16.8. The summed E-state index contributed by atoms with van der Waals surface area (Å²) in [6, 6.07) is 4.37. The monoisotopic (exact) mass is 398 g/mol. The SMILES string of the molecule is CC1(C)CNCCCN1Cc1cccc2c1C(=O)N(C1CCC(=O)NC1=O)C2=O. The van der Waals surface area contributed by atoms with Gasteiger partial charge < -0.3 is 5.32 Å². The minimum atomic E-state index is -0.938. The van der Waals surface area contributed by atoms with Crippen LogP contribution in [0.1, 0.15) is 59.4 Å².